The molecule has 0 spiro atoms. The second-order valence-electron chi connectivity index (χ2n) is 6.64. The van der Waals surface area contributed by atoms with Crippen molar-refractivity contribution in [2.45, 2.75) is 18.9 Å². The zero-order chi connectivity index (χ0) is 16.3. The Hall–Kier alpha value is -0.830. The standard InChI is InChI=1S/C16H30N6.HI/c1-19(2)16(20(3)4)17-12-13-8-7-11-21(5)15(13)14-9-10-18-22(14)6;/h9-10,13,15H,7-8,11-12H2,1-6H3;1H/t13-,15+;/m0./s1. The first-order valence-electron chi connectivity index (χ1n) is 7.99. The second kappa shape index (κ2) is 8.86. The predicted octanol–water partition coefficient (Wildman–Crippen LogP) is 1.90. The van der Waals surface area contributed by atoms with E-state index in [1.165, 1.54) is 18.5 Å². The number of nitrogens with zero attached hydrogens (tertiary/aromatic N) is 6. The molecule has 0 amide bonds. The van der Waals surface area contributed by atoms with Gasteiger partial charge in [-0.2, -0.15) is 5.10 Å². The molecule has 1 fully saturated rings. The highest BCUT2D eigenvalue weighted by atomic mass is 127. The Morgan fingerprint density at radius 1 is 1.26 bits per heavy atom. The van der Waals surface area contributed by atoms with Crippen LogP contribution in [-0.2, 0) is 7.05 Å². The highest BCUT2D eigenvalue weighted by Gasteiger charge is 2.32. The van der Waals surface area contributed by atoms with E-state index in [4.69, 9.17) is 4.99 Å². The molecule has 132 valence electrons. The number of halogens is 1. The fourth-order valence-electron chi connectivity index (χ4n) is 3.47. The summed E-state index contributed by atoms with van der Waals surface area (Å²) in [6, 6.07) is 2.54. The maximum absolute atomic E-state index is 4.88. The monoisotopic (exact) mass is 434 g/mol. The number of hydrogen-bond acceptors (Lipinski definition) is 3. The van der Waals surface area contributed by atoms with Crippen LogP contribution in [0.3, 0.4) is 0 Å². The first-order chi connectivity index (χ1) is 10.4. The van der Waals surface area contributed by atoms with E-state index in [0.717, 1.165) is 19.0 Å². The van der Waals surface area contributed by atoms with Crippen LogP contribution in [-0.4, -0.2) is 78.8 Å². The number of piperidine rings is 1. The Morgan fingerprint density at radius 3 is 2.43 bits per heavy atom. The topological polar surface area (TPSA) is 39.9 Å². The fraction of sp³-hybridized carbons (Fsp3) is 0.750. The summed E-state index contributed by atoms with van der Waals surface area (Å²) in [6.45, 7) is 2.00. The average molecular weight is 434 g/mol. The largest absolute Gasteiger partial charge is 0.349 e. The predicted molar refractivity (Wildman–Crippen MR) is 106 cm³/mol. The Labute approximate surface area is 157 Å². The van der Waals surface area contributed by atoms with Crippen molar-refractivity contribution in [3.05, 3.63) is 18.0 Å². The van der Waals surface area contributed by atoms with Gasteiger partial charge in [-0.25, -0.2) is 0 Å². The summed E-state index contributed by atoms with van der Waals surface area (Å²) >= 11 is 0. The lowest BCUT2D eigenvalue weighted by atomic mass is 9.87. The lowest BCUT2D eigenvalue weighted by molar-refractivity contribution is 0.118. The molecule has 2 rings (SSSR count). The van der Waals surface area contributed by atoms with Crippen molar-refractivity contribution in [1.29, 1.82) is 0 Å². The minimum atomic E-state index is 0. The molecule has 1 aromatic rings. The van der Waals surface area contributed by atoms with Gasteiger partial charge in [0.05, 0.1) is 11.7 Å². The third-order valence-electron chi connectivity index (χ3n) is 4.44. The molecule has 1 aliphatic heterocycles. The fourth-order valence-corrected chi connectivity index (χ4v) is 3.47. The van der Waals surface area contributed by atoms with Gasteiger partial charge in [0.2, 0.25) is 0 Å². The molecule has 0 aromatic carbocycles. The molecule has 6 nitrogen and oxygen atoms in total. The Kier molecular flexibility index (Phi) is 7.79. The molecular formula is C16H31IN6. The first kappa shape index (κ1) is 20.2. The molecule has 7 heteroatoms. The lowest BCUT2D eigenvalue weighted by Gasteiger charge is -2.38. The number of hydrogen-bond donors (Lipinski definition) is 0. The van der Waals surface area contributed by atoms with Gasteiger partial charge >= 0.3 is 0 Å². The Bertz CT molecular complexity index is 500. The number of guanidine groups is 1. The van der Waals surface area contributed by atoms with E-state index < -0.39 is 0 Å². The van der Waals surface area contributed by atoms with Crippen molar-refractivity contribution >= 4 is 29.9 Å². The van der Waals surface area contributed by atoms with Crippen LogP contribution in [0, 0.1) is 5.92 Å². The van der Waals surface area contributed by atoms with Crippen LogP contribution in [0.1, 0.15) is 24.6 Å². The van der Waals surface area contributed by atoms with Crippen LogP contribution >= 0.6 is 24.0 Å². The van der Waals surface area contributed by atoms with Crippen molar-refractivity contribution in [3.63, 3.8) is 0 Å². The summed E-state index contributed by atoms with van der Waals surface area (Å²) in [5.74, 6) is 1.56. The van der Waals surface area contributed by atoms with Crippen LogP contribution in [0.4, 0.5) is 0 Å². The van der Waals surface area contributed by atoms with Gasteiger partial charge in [0, 0.05) is 48.0 Å². The van der Waals surface area contributed by atoms with E-state index in [-0.39, 0.29) is 24.0 Å². The zero-order valence-corrected chi connectivity index (χ0v) is 17.6. The molecule has 23 heavy (non-hydrogen) atoms. The van der Waals surface area contributed by atoms with Gasteiger partial charge in [-0.3, -0.25) is 14.6 Å². The SMILES string of the molecule is CN(C)C(=NC[C@@H]1CCCN(C)[C@H]1c1ccnn1C)N(C)C.I. The second-order valence-corrected chi connectivity index (χ2v) is 6.64. The number of aliphatic imine (C=N–C) groups is 1. The molecule has 2 atom stereocenters. The Morgan fingerprint density at radius 2 is 1.91 bits per heavy atom. The summed E-state index contributed by atoms with van der Waals surface area (Å²) in [7, 11) is 12.4. The summed E-state index contributed by atoms with van der Waals surface area (Å²) in [5.41, 5.74) is 1.29. The first-order valence-corrected chi connectivity index (χ1v) is 7.99. The minimum absolute atomic E-state index is 0. The smallest absolute Gasteiger partial charge is 0.195 e. The van der Waals surface area contributed by atoms with Gasteiger partial charge in [-0.1, -0.05) is 0 Å². The van der Waals surface area contributed by atoms with Gasteiger partial charge < -0.3 is 9.80 Å². The highest BCUT2D eigenvalue weighted by molar-refractivity contribution is 14.0. The number of likely N-dealkylation sites (tertiary alicyclic amines) is 1. The van der Waals surface area contributed by atoms with Crippen molar-refractivity contribution < 1.29 is 0 Å². The minimum Gasteiger partial charge on any atom is -0.349 e. The van der Waals surface area contributed by atoms with Crippen LogP contribution in [0.15, 0.2) is 17.3 Å². The summed E-state index contributed by atoms with van der Waals surface area (Å²) in [5, 5.41) is 4.35. The van der Waals surface area contributed by atoms with E-state index >= 15 is 0 Å². The molecule has 0 aliphatic carbocycles. The van der Waals surface area contributed by atoms with Crippen molar-refractivity contribution in [1.82, 2.24) is 24.5 Å². The number of aromatic nitrogens is 2. The molecular weight excluding hydrogens is 403 g/mol. The third-order valence-corrected chi connectivity index (χ3v) is 4.44. The van der Waals surface area contributed by atoms with Crippen LogP contribution in [0.2, 0.25) is 0 Å². The van der Waals surface area contributed by atoms with Gasteiger partial charge in [-0.15, -0.1) is 24.0 Å². The van der Waals surface area contributed by atoms with E-state index in [1.807, 2.05) is 46.1 Å². The molecule has 0 N–H and O–H groups in total. The summed E-state index contributed by atoms with van der Waals surface area (Å²) < 4.78 is 2.00. The van der Waals surface area contributed by atoms with Crippen molar-refractivity contribution in [2.75, 3.05) is 48.3 Å². The van der Waals surface area contributed by atoms with Gasteiger partial charge in [0.1, 0.15) is 0 Å². The molecule has 1 aliphatic rings. The lowest BCUT2D eigenvalue weighted by Crippen LogP contribution is -2.40. The molecule has 2 heterocycles. The normalized spacial score (nSPS) is 21.5. The highest BCUT2D eigenvalue weighted by Crippen LogP contribution is 2.34. The maximum Gasteiger partial charge on any atom is 0.195 e. The molecule has 0 radical (unpaired) electrons. The van der Waals surface area contributed by atoms with Crippen LogP contribution < -0.4 is 0 Å². The number of aryl methyl sites for hydroxylation is 1. The van der Waals surface area contributed by atoms with E-state index in [1.54, 1.807) is 0 Å². The maximum atomic E-state index is 4.88. The molecule has 0 saturated carbocycles. The quantitative estimate of drug-likeness (QED) is 0.414. The van der Waals surface area contributed by atoms with E-state index in [9.17, 15) is 0 Å². The number of rotatable bonds is 3. The van der Waals surface area contributed by atoms with Gasteiger partial charge in [0.15, 0.2) is 5.96 Å². The van der Waals surface area contributed by atoms with Crippen LogP contribution in [0.25, 0.3) is 0 Å². The summed E-state index contributed by atoms with van der Waals surface area (Å²) in [4.78, 5) is 11.5. The van der Waals surface area contributed by atoms with Crippen LogP contribution in [0.5, 0.6) is 0 Å². The van der Waals surface area contributed by atoms with Gasteiger partial charge in [0.25, 0.3) is 0 Å². The third kappa shape index (κ3) is 4.82. The van der Waals surface area contributed by atoms with Gasteiger partial charge in [-0.05, 0) is 38.4 Å². The molecule has 1 saturated heterocycles. The van der Waals surface area contributed by atoms with Crippen molar-refractivity contribution in [2.24, 2.45) is 18.0 Å². The Balaban J connectivity index is 0.00000264. The van der Waals surface area contributed by atoms with E-state index in [2.05, 4.69) is 32.9 Å². The zero-order valence-electron chi connectivity index (χ0n) is 15.2. The molecule has 1 aromatic heterocycles. The van der Waals surface area contributed by atoms with Crippen molar-refractivity contribution in [3.8, 4) is 0 Å². The summed E-state index contributed by atoms with van der Waals surface area (Å²) in [6.07, 6.45) is 4.35. The molecule has 0 unspecified atom stereocenters. The molecule has 0 bridgehead atoms. The van der Waals surface area contributed by atoms with E-state index in [0.29, 0.717) is 12.0 Å². The average Bonchev–Trinajstić information content (AvgIpc) is 2.84.